The summed E-state index contributed by atoms with van der Waals surface area (Å²) < 4.78 is 5.30. The van der Waals surface area contributed by atoms with E-state index in [0.717, 1.165) is 18.5 Å². The number of nitrogens with one attached hydrogen (secondary N) is 1. The molecule has 1 aliphatic heterocycles. The van der Waals surface area contributed by atoms with E-state index in [1.54, 1.807) is 11.9 Å². The lowest BCUT2D eigenvalue weighted by molar-refractivity contribution is -0.146. The van der Waals surface area contributed by atoms with Gasteiger partial charge in [0.25, 0.3) is 0 Å². The number of likely N-dealkylation sites (tertiary alicyclic amines) is 1. The molecular weight excluding hydrogens is 310 g/mol. The van der Waals surface area contributed by atoms with Crippen LogP contribution in [0, 0.1) is 5.92 Å². The van der Waals surface area contributed by atoms with Gasteiger partial charge in [0.15, 0.2) is 5.76 Å². The van der Waals surface area contributed by atoms with Crippen LogP contribution in [0.4, 0.5) is 0 Å². The van der Waals surface area contributed by atoms with Crippen molar-refractivity contribution in [2.24, 2.45) is 5.92 Å². The maximum atomic E-state index is 12.3. The van der Waals surface area contributed by atoms with E-state index in [9.17, 15) is 9.59 Å². The van der Waals surface area contributed by atoms with Crippen molar-refractivity contribution < 1.29 is 19.2 Å². The topological polar surface area (TPSA) is 95.7 Å². The third-order valence-electron chi connectivity index (χ3n) is 4.90. The number of carbonyl (C=O) groups is 2. The van der Waals surface area contributed by atoms with Gasteiger partial charge in [-0.25, -0.2) is 0 Å². The number of carboxylic acids is 1. The van der Waals surface area contributed by atoms with Crippen LogP contribution >= 0.6 is 0 Å². The molecule has 2 N–H and O–H groups in total. The Morgan fingerprint density at radius 1 is 1.42 bits per heavy atom. The summed E-state index contributed by atoms with van der Waals surface area (Å²) in [6, 6.07) is 1.41. The van der Waals surface area contributed by atoms with Gasteiger partial charge in [-0.3, -0.25) is 14.5 Å². The molecule has 24 heavy (non-hydrogen) atoms. The van der Waals surface area contributed by atoms with Crippen LogP contribution in [0.15, 0.2) is 10.6 Å². The molecule has 1 fully saturated rings. The van der Waals surface area contributed by atoms with Gasteiger partial charge >= 0.3 is 5.97 Å². The molecule has 1 aromatic rings. The van der Waals surface area contributed by atoms with Crippen LogP contribution in [-0.2, 0) is 16.1 Å². The van der Waals surface area contributed by atoms with Gasteiger partial charge in [0, 0.05) is 18.5 Å². The predicted molar refractivity (Wildman–Crippen MR) is 88.5 cm³/mol. The number of nitrogens with zero attached hydrogens (tertiary/aromatic N) is 2. The molecule has 7 heteroatoms. The van der Waals surface area contributed by atoms with E-state index in [0.29, 0.717) is 37.6 Å². The number of likely N-dealkylation sites (N-methyl/N-ethyl adjacent to an activating group) is 1. The van der Waals surface area contributed by atoms with E-state index in [1.807, 2.05) is 6.07 Å². The Balaban J connectivity index is 1.84. The van der Waals surface area contributed by atoms with E-state index in [1.165, 1.54) is 0 Å². The lowest BCUT2D eigenvalue weighted by Crippen LogP contribution is -2.49. The van der Waals surface area contributed by atoms with Crippen molar-refractivity contribution in [2.75, 3.05) is 13.6 Å². The van der Waals surface area contributed by atoms with Crippen molar-refractivity contribution in [3.63, 3.8) is 0 Å². The number of rotatable bonds is 7. The van der Waals surface area contributed by atoms with Crippen molar-refractivity contribution in [1.82, 2.24) is 15.4 Å². The van der Waals surface area contributed by atoms with Gasteiger partial charge in [-0.1, -0.05) is 19.0 Å². The fraction of sp³-hybridized carbons (Fsp3) is 0.706. The lowest BCUT2D eigenvalue weighted by atomic mass is 9.92. The molecule has 1 aliphatic rings. The van der Waals surface area contributed by atoms with Gasteiger partial charge in [0.2, 0.25) is 5.91 Å². The molecule has 0 aliphatic carbocycles. The van der Waals surface area contributed by atoms with Crippen LogP contribution in [0.2, 0.25) is 0 Å². The first-order chi connectivity index (χ1) is 11.5. The standard InChI is InChI=1S/C17H27N3O4/c1-4-11(5-2)14-8-13(24-19-14)9-18-16(21)12-6-7-15(17(22)23)20(3)10-12/h8,11-12,15H,4-7,9-10H2,1-3H3,(H,18,21)(H,22,23). The number of carbonyl (C=O) groups excluding carboxylic acids is 1. The van der Waals surface area contributed by atoms with Crippen LogP contribution in [0.1, 0.15) is 56.9 Å². The number of hydrogen-bond acceptors (Lipinski definition) is 5. The van der Waals surface area contributed by atoms with Gasteiger partial charge in [-0.05, 0) is 32.7 Å². The number of piperidine rings is 1. The molecule has 0 saturated carbocycles. The predicted octanol–water partition coefficient (Wildman–Crippen LogP) is 1.99. The van der Waals surface area contributed by atoms with Gasteiger partial charge in [0.1, 0.15) is 6.04 Å². The largest absolute Gasteiger partial charge is 0.480 e. The summed E-state index contributed by atoms with van der Waals surface area (Å²) in [6.07, 6.45) is 3.09. The molecule has 1 amide bonds. The second-order valence-corrected chi connectivity index (χ2v) is 6.52. The van der Waals surface area contributed by atoms with Gasteiger partial charge in [-0.2, -0.15) is 0 Å². The van der Waals surface area contributed by atoms with Gasteiger partial charge < -0.3 is 14.9 Å². The number of amides is 1. The highest BCUT2D eigenvalue weighted by Gasteiger charge is 2.33. The fourth-order valence-electron chi connectivity index (χ4n) is 3.30. The summed E-state index contributed by atoms with van der Waals surface area (Å²) in [7, 11) is 1.75. The molecule has 0 aromatic carbocycles. The smallest absolute Gasteiger partial charge is 0.320 e. The first kappa shape index (κ1) is 18.4. The molecule has 0 radical (unpaired) electrons. The van der Waals surface area contributed by atoms with Crippen LogP contribution in [0.25, 0.3) is 0 Å². The summed E-state index contributed by atoms with van der Waals surface area (Å²) >= 11 is 0. The van der Waals surface area contributed by atoms with Crippen molar-refractivity contribution >= 4 is 11.9 Å². The minimum atomic E-state index is -0.827. The Hall–Kier alpha value is -1.89. The highest BCUT2D eigenvalue weighted by atomic mass is 16.5. The highest BCUT2D eigenvalue weighted by molar-refractivity contribution is 5.80. The van der Waals surface area contributed by atoms with E-state index < -0.39 is 12.0 Å². The lowest BCUT2D eigenvalue weighted by Gasteiger charge is -2.33. The molecular formula is C17H27N3O4. The number of aromatic nitrogens is 1. The second kappa shape index (κ2) is 8.28. The summed E-state index contributed by atoms with van der Waals surface area (Å²) in [4.78, 5) is 25.1. The Bertz CT molecular complexity index is 568. The molecule has 1 saturated heterocycles. The number of hydrogen-bond donors (Lipinski definition) is 2. The molecule has 7 nitrogen and oxygen atoms in total. The average molecular weight is 337 g/mol. The zero-order valence-electron chi connectivity index (χ0n) is 14.6. The first-order valence-electron chi connectivity index (χ1n) is 8.62. The summed E-state index contributed by atoms with van der Waals surface area (Å²) in [5, 5.41) is 16.1. The Morgan fingerprint density at radius 3 is 2.71 bits per heavy atom. The maximum Gasteiger partial charge on any atom is 0.320 e. The quantitative estimate of drug-likeness (QED) is 0.790. The molecule has 134 valence electrons. The van der Waals surface area contributed by atoms with E-state index in [4.69, 9.17) is 9.63 Å². The van der Waals surface area contributed by atoms with Crippen molar-refractivity contribution in [3.8, 4) is 0 Å². The van der Waals surface area contributed by atoms with Gasteiger partial charge in [0.05, 0.1) is 18.2 Å². The average Bonchev–Trinajstić information content (AvgIpc) is 3.02. The van der Waals surface area contributed by atoms with Crippen LogP contribution in [-0.4, -0.2) is 46.7 Å². The highest BCUT2D eigenvalue weighted by Crippen LogP contribution is 2.23. The number of carboxylic acid groups (broad SMARTS) is 1. The van der Waals surface area contributed by atoms with Crippen LogP contribution in [0.3, 0.4) is 0 Å². The summed E-state index contributed by atoms with van der Waals surface area (Å²) in [5.41, 5.74) is 0.936. The van der Waals surface area contributed by atoms with Crippen molar-refractivity contribution in [1.29, 1.82) is 0 Å². The molecule has 2 heterocycles. The summed E-state index contributed by atoms with van der Waals surface area (Å²) in [6.45, 7) is 5.01. The zero-order valence-corrected chi connectivity index (χ0v) is 14.6. The minimum absolute atomic E-state index is 0.0637. The zero-order chi connectivity index (χ0) is 17.7. The third-order valence-corrected chi connectivity index (χ3v) is 4.90. The van der Waals surface area contributed by atoms with E-state index in [-0.39, 0.29) is 11.8 Å². The Kier molecular flexibility index (Phi) is 6.36. The van der Waals surface area contributed by atoms with Crippen molar-refractivity contribution in [2.45, 2.75) is 58.0 Å². The van der Waals surface area contributed by atoms with Crippen LogP contribution < -0.4 is 5.32 Å². The second-order valence-electron chi connectivity index (χ2n) is 6.52. The van der Waals surface area contributed by atoms with Crippen LogP contribution in [0.5, 0.6) is 0 Å². The summed E-state index contributed by atoms with van der Waals surface area (Å²) in [5.74, 6) is -0.0406. The molecule has 0 bridgehead atoms. The minimum Gasteiger partial charge on any atom is -0.480 e. The molecule has 2 rings (SSSR count). The van der Waals surface area contributed by atoms with E-state index in [2.05, 4.69) is 24.3 Å². The Labute approximate surface area is 142 Å². The SMILES string of the molecule is CCC(CC)c1cc(CNC(=O)C2CCC(C(=O)O)N(C)C2)on1. The normalized spacial score (nSPS) is 21.8. The monoisotopic (exact) mass is 337 g/mol. The maximum absolute atomic E-state index is 12.3. The molecule has 1 aromatic heterocycles. The van der Waals surface area contributed by atoms with Crippen molar-refractivity contribution in [3.05, 3.63) is 17.5 Å². The first-order valence-corrected chi connectivity index (χ1v) is 8.62. The van der Waals surface area contributed by atoms with E-state index >= 15 is 0 Å². The fourth-order valence-corrected chi connectivity index (χ4v) is 3.30. The third kappa shape index (κ3) is 4.35. The number of aliphatic carboxylic acids is 1. The Morgan fingerprint density at radius 2 is 2.12 bits per heavy atom. The molecule has 0 spiro atoms. The molecule has 2 unspecified atom stereocenters. The molecule has 2 atom stereocenters. The van der Waals surface area contributed by atoms with Gasteiger partial charge in [-0.15, -0.1) is 0 Å².